The van der Waals surface area contributed by atoms with Crippen LogP contribution in [0.5, 0.6) is 0 Å². The summed E-state index contributed by atoms with van der Waals surface area (Å²) in [6.07, 6.45) is 0. The van der Waals surface area contributed by atoms with Crippen molar-refractivity contribution in [3.05, 3.63) is 54.1 Å². The number of nitrogens with zero attached hydrogens (tertiary/aromatic N) is 1. The van der Waals surface area contributed by atoms with Crippen LogP contribution in [0.15, 0.2) is 53.4 Å². The lowest BCUT2D eigenvalue weighted by Crippen LogP contribution is -2.39. The predicted molar refractivity (Wildman–Crippen MR) is 101 cm³/mol. The Hall–Kier alpha value is -2.87. The van der Waals surface area contributed by atoms with Crippen LogP contribution in [0.25, 0.3) is 0 Å². The Bertz CT molecular complexity index is 1000. The van der Waals surface area contributed by atoms with Crippen molar-refractivity contribution in [1.29, 1.82) is 0 Å². The molecule has 1 aliphatic heterocycles. The smallest absolute Gasteiger partial charge is 0.325 e. The van der Waals surface area contributed by atoms with Crippen molar-refractivity contribution in [2.24, 2.45) is 0 Å². The number of esters is 1. The summed E-state index contributed by atoms with van der Waals surface area (Å²) in [6, 6.07) is 13.0. The van der Waals surface area contributed by atoms with E-state index in [2.05, 4.69) is 9.46 Å². The minimum atomic E-state index is -3.82. The van der Waals surface area contributed by atoms with Gasteiger partial charge in [0.25, 0.3) is 10.0 Å². The fourth-order valence-electron chi connectivity index (χ4n) is 3.05. The topological polar surface area (TPSA) is 92.8 Å². The number of hydrogen-bond acceptors (Lipinski definition) is 5. The van der Waals surface area contributed by atoms with Gasteiger partial charge >= 0.3 is 5.97 Å². The fraction of sp³-hybridized carbons (Fsp3) is 0.263. The van der Waals surface area contributed by atoms with Gasteiger partial charge in [-0.2, -0.15) is 0 Å². The molecule has 0 fully saturated rings. The number of anilines is 2. The largest absolute Gasteiger partial charge is 0.468 e. The molecule has 0 spiro atoms. The average Bonchev–Trinajstić information content (AvgIpc) is 2.82. The first-order valence-electron chi connectivity index (χ1n) is 8.28. The maximum Gasteiger partial charge on any atom is 0.325 e. The minimum Gasteiger partial charge on any atom is -0.468 e. The van der Waals surface area contributed by atoms with E-state index in [1.807, 2.05) is 0 Å². The van der Waals surface area contributed by atoms with E-state index >= 15 is 0 Å². The molecule has 0 radical (unpaired) electrons. The SMILES string of the molecule is COC(=O)CN1C(=O)C(C)(C)c2cc(S(=O)(=O)Nc3ccccc3)ccc21. The first kappa shape index (κ1) is 18.9. The number of fused-ring (bicyclic) bond motifs is 1. The van der Waals surface area contributed by atoms with Crippen LogP contribution in [-0.4, -0.2) is 33.9 Å². The Morgan fingerprint density at radius 1 is 1.15 bits per heavy atom. The molecule has 142 valence electrons. The lowest BCUT2D eigenvalue weighted by atomic mass is 9.86. The fourth-order valence-corrected chi connectivity index (χ4v) is 4.14. The summed E-state index contributed by atoms with van der Waals surface area (Å²) in [4.78, 5) is 25.8. The second kappa shape index (κ2) is 6.70. The molecule has 7 nitrogen and oxygen atoms in total. The van der Waals surface area contributed by atoms with Crippen molar-refractivity contribution in [1.82, 2.24) is 0 Å². The molecule has 1 amide bonds. The van der Waals surface area contributed by atoms with Crippen LogP contribution in [-0.2, 0) is 29.8 Å². The molecule has 1 heterocycles. The molecule has 0 atom stereocenters. The molecule has 0 bridgehead atoms. The standard InChI is InChI=1S/C19H20N2O5S/c1-19(2)15-11-14(27(24,25)20-13-7-5-4-6-8-13)9-10-16(15)21(18(19)23)12-17(22)26-3/h4-11,20H,12H2,1-3H3. The van der Waals surface area contributed by atoms with E-state index < -0.39 is 21.4 Å². The van der Waals surface area contributed by atoms with E-state index in [0.29, 0.717) is 16.9 Å². The molecule has 2 aromatic carbocycles. The maximum absolute atomic E-state index is 12.7. The number of methoxy groups -OCH3 is 1. The highest BCUT2D eigenvalue weighted by molar-refractivity contribution is 7.92. The van der Waals surface area contributed by atoms with E-state index in [9.17, 15) is 18.0 Å². The normalized spacial score (nSPS) is 15.4. The second-order valence-corrected chi connectivity index (χ2v) is 8.43. The van der Waals surface area contributed by atoms with Crippen molar-refractivity contribution >= 4 is 33.3 Å². The number of rotatable bonds is 5. The molecule has 2 aromatic rings. The molecular weight excluding hydrogens is 368 g/mol. The first-order chi connectivity index (χ1) is 12.7. The van der Waals surface area contributed by atoms with Crippen LogP contribution in [0.1, 0.15) is 19.4 Å². The minimum absolute atomic E-state index is 0.0471. The summed E-state index contributed by atoms with van der Waals surface area (Å²) in [7, 11) is -2.57. The highest BCUT2D eigenvalue weighted by Crippen LogP contribution is 2.42. The maximum atomic E-state index is 12.7. The van der Waals surface area contributed by atoms with Crippen LogP contribution in [0, 0.1) is 0 Å². The summed E-state index contributed by atoms with van der Waals surface area (Å²) in [5.74, 6) is -0.831. The number of carbonyl (C=O) groups is 2. The Labute approximate surface area is 158 Å². The van der Waals surface area contributed by atoms with Crippen molar-refractivity contribution < 1.29 is 22.7 Å². The number of hydrogen-bond donors (Lipinski definition) is 1. The Balaban J connectivity index is 2.00. The van der Waals surface area contributed by atoms with Crippen LogP contribution in [0.2, 0.25) is 0 Å². The third-order valence-corrected chi connectivity index (χ3v) is 5.94. The number of benzene rings is 2. The van der Waals surface area contributed by atoms with Gasteiger partial charge in [0.05, 0.1) is 17.4 Å². The molecule has 0 saturated heterocycles. The third kappa shape index (κ3) is 3.40. The van der Waals surface area contributed by atoms with Crippen molar-refractivity contribution in [2.45, 2.75) is 24.2 Å². The second-order valence-electron chi connectivity index (χ2n) is 6.74. The van der Waals surface area contributed by atoms with E-state index in [1.165, 1.54) is 24.1 Å². The lowest BCUT2D eigenvalue weighted by Gasteiger charge is -2.19. The summed E-state index contributed by atoms with van der Waals surface area (Å²) in [5.41, 5.74) is 0.545. The number of amides is 1. The van der Waals surface area contributed by atoms with Gasteiger partial charge < -0.3 is 9.64 Å². The van der Waals surface area contributed by atoms with Gasteiger partial charge in [0, 0.05) is 11.4 Å². The van der Waals surface area contributed by atoms with Crippen molar-refractivity contribution in [2.75, 3.05) is 23.3 Å². The van der Waals surface area contributed by atoms with Gasteiger partial charge in [0.1, 0.15) is 6.54 Å². The molecule has 1 N–H and O–H groups in total. The van der Waals surface area contributed by atoms with Crippen LogP contribution in [0.4, 0.5) is 11.4 Å². The average molecular weight is 388 g/mol. The van der Waals surface area contributed by atoms with E-state index in [0.717, 1.165) is 0 Å². The van der Waals surface area contributed by atoms with E-state index in [-0.39, 0.29) is 17.3 Å². The van der Waals surface area contributed by atoms with Gasteiger partial charge in [-0.25, -0.2) is 8.42 Å². The lowest BCUT2D eigenvalue weighted by molar-refractivity contribution is -0.140. The van der Waals surface area contributed by atoms with E-state index in [1.54, 1.807) is 50.2 Å². The molecule has 0 aromatic heterocycles. The molecule has 0 aliphatic carbocycles. The van der Waals surface area contributed by atoms with Gasteiger partial charge in [-0.3, -0.25) is 14.3 Å². The zero-order valence-corrected chi connectivity index (χ0v) is 16.0. The molecule has 0 saturated carbocycles. The van der Waals surface area contributed by atoms with Crippen molar-refractivity contribution in [3.63, 3.8) is 0 Å². The number of ether oxygens (including phenoxy) is 1. The molecule has 1 aliphatic rings. The molecule has 27 heavy (non-hydrogen) atoms. The molecule has 0 unspecified atom stereocenters. The zero-order chi connectivity index (χ0) is 19.8. The molecule has 3 rings (SSSR count). The summed E-state index contributed by atoms with van der Waals surface area (Å²) in [6.45, 7) is 3.18. The summed E-state index contributed by atoms with van der Waals surface area (Å²) < 4.78 is 32.6. The van der Waals surface area contributed by atoms with Gasteiger partial charge in [0.15, 0.2) is 0 Å². The highest BCUT2D eigenvalue weighted by Gasteiger charge is 2.45. The summed E-state index contributed by atoms with van der Waals surface area (Å²) in [5, 5.41) is 0. The monoisotopic (exact) mass is 388 g/mol. The van der Waals surface area contributed by atoms with Gasteiger partial charge in [-0.05, 0) is 49.7 Å². The number of para-hydroxylation sites is 1. The highest BCUT2D eigenvalue weighted by atomic mass is 32.2. The van der Waals surface area contributed by atoms with Gasteiger partial charge in [-0.1, -0.05) is 18.2 Å². The number of nitrogens with one attached hydrogen (secondary N) is 1. The van der Waals surface area contributed by atoms with Crippen LogP contribution < -0.4 is 9.62 Å². The number of sulfonamides is 1. The third-order valence-electron chi connectivity index (χ3n) is 4.56. The zero-order valence-electron chi connectivity index (χ0n) is 15.2. The molecule has 8 heteroatoms. The summed E-state index contributed by atoms with van der Waals surface area (Å²) >= 11 is 0. The van der Waals surface area contributed by atoms with Gasteiger partial charge in [-0.15, -0.1) is 0 Å². The first-order valence-corrected chi connectivity index (χ1v) is 9.76. The van der Waals surface area contributed by atoms with Crippen LogP contribution >= 0.6 is 0 Å². The predicted octanol–water partition coefficient (Wildman–Crippen LogP) is 2.28. The quantitative estimate of drug-likeness (QED) is 0.794. The van der Waals surface area contributed by atoms with E-state index in [4.69, 9.17) is 0 Å². The Morgan fingerprint density at radius 2 is 1.81 bits per heavy atom. The Morgan fingerprint density at radius 3 is 2.44 bits per heavy atom. The van der Waals surface area contributed by atoms with Gasteiger partial charge in [0.2, 0.25) is 5.91 Å². The van der Waals surface area contributed by atoms with Crippen LogP contribution in [0.3, 0.4) is 0 Å². The number of carbonyl (C=O) groups excluding carboxylic acids is 2. The van der Waals surface area contributed by atoms with Crippen molar-refractivity contribution in [3.8, 4) is 0 Å². The molecular formula is C19H20N2O5S. The Kier molecular flexibility index (Phi) is 4.69.